The van der Waals surface area contributed by atoms with Gasteiger partial charge in [-0.1, -0.05) is 6.07 Å². The summed E-state index contributed by atoms with van der Waals surface area (Å²) in [5, 5.41) is 17.6. The first-order valence-electron chi connectivity index (χ1n) is 3.21. The second-order valence-corrected chi connectivity index (χ2v) is 2.86. The summed E-state index contributed by atoms with van der Waals surface area (Å²) in [5.41, 5.74) is 0.316. The van der Waals surface area contributed by atoms with E-state index in [1.165, 1.54) is 13.2 Å². The Kier molecular flexibility index (Phi) is 3.08. The average Bonchev–Trinajstić information content (AvgIpc) is 2.03. The van der Waals surface area contributed by atoms with Crippen molar-refractivity contribution in [1.29, 1.82) is 0 Å². The Morgan fingerprint density at radius 1 is 1.50 bits per heavy atom. The van der Waals surface area contributed by atoms with Crippen LogP contribution >= 0.6 is 15.9 Å². The van der Waals surface area contributed by atoms with Crippen molar-refractivity contribution >= 4 is 28.5 Å². The van der Waals surface area contributed by atoms with Gasteiger partial charge < -0.3 is 14.8 Å². The summed E-state index contributed by atoms with van der Waals surface area (Å²) in [6.07, 6.45) is 0. The molecule has 2 N–H and O–H groups in total. The molecule has 0 aliphatic carbocycles. The van der Waals surface area contributed by atoms with Gasteiger partial charge in [0.1, 0.15) is 4.60 Å². The van der Waals surface area contributed by atoms with Crippen LogP contribution in [0.15, 0.2) is 16.7 Å². The summed E-state index contributed by atoms with van der Waals surface area (Å²) in [6, 6.07) is 3.08. The summed E-state index contributed by atoms with van der Waals surface area (Å²) in [5.74, 6) is 0.422. The van der Waals surface area contributed by atoms with E-state index < -0.39 is 7.12 Å². The van der Waals surface area contributed by atoms with Gasteiger partial charge in [0.05, 0.1) is 7.11 Å². The predicted octanol–water partition coefficient (Wildman–Crippen LogP) is -0.468. The highest BCUT2D eigenvalue weighted by molar-refractivity contribution is 9.10. The fourth-order valence-corrected chi connectivity index (χ4v) is 1.25. The molecule has 0 radical (unpaired) electrons. The lowest BCUT2D eigenvalue weighted by atomic mass is 9.82. The zero-order valence-corrected chi connectivity index (χ0v) is 7.95. The SMILES string of the molecule is COc1ccc(B(O)O)c(Br)n1. The molecule has 0 amide bonds. The molecular weight excluding hydrogens is 225 g/mol. The topological polar surface area (TPSA) is 62.6 Å². The number of pyridine rings is 1. The Labute approximate surface area is 78.5 Å². The molecule has 1 aromatic rings. The summed E-state index contributed by atoms with van der Waals surface area (Å²) < 4.78 is 5.20. The third-order valence-electron chi connectivity index (χ3n) is 1.34. The van der Waals surface area contributed by atoms with Gasteiger partial charge in [0.15, 0.2) is 0 Å². The number of ether oxygens (including phenoxy) is 1. The number of halogens is 1. The first kappa shape index (κ1) is 9.50. The summed E-state index contributed by atoms with van der Waals surface area (Å²) in [7, 11) is -0.0260. The monoisotopic (exact) mass is 231 g/mol. The third kappa shape index (κ3) is 1.97. The Balaban J connectivity index is 3.03. The molecular formula is C6H7BBrNO3. The average molecular weight is 232 g/mol. The number of hydrogen-bond acceptors (Lipinski definition) is 4. The Hall–Kier alpha value is -0.585. The van der Waals surface area contributed by atoms with Crippen LogP contribution in [0.1, 0.15) is 0 Å². The zero-order chi connectivity index (χ0) is 9.14. The lowest BCUT2D eigenvalue weighted by molar-refractivity contribution is 0.396. The van der Waals surface area contributed by atoms with E-state index in [0.29, 0.717) is 15.9 Å². The third-order valence-corrected chi connectivity index (χ3v) is 1.97. The van der Waals surface area contributed by atoms with Crippen molar-refractivity contribution in [3.63, 3.8) is 0 Å². The Morgan fingerprint density at radius 3 is 2.58 bits per heavy atom. The van der Waals surface area contributed by atoms with Gasteiger partial charge in [-0.3, -0.25) is 0 Å². The van der Waals surface area contributed by atoms with Crippen molar-refractivity contribution in [3.8, 4) is 5.88 Å². The number of methoxy groups -OCH3 is 1. The highest BCUT2D eigenvalue weighted by atomic mass is 79.9. The van der Waals surface area contributed by atoms with Gasteiger partial charge in [0, 0.05) is 11.5 Å². The van der Waals surface area contributed by atoms with Crippen molar-refractivity contribution in [2.45, 2.75) is 0 Å². The van der Waals surface area contributed by atoms with Crippen LogP contribution in [0.4, 0.5) is 0 Å². The van der Waals surface area contributed by atoms with Crippen molar-refractivity contribution in [2.75, 3.05) is 7.11 Å². The van der Waals surface area contributed by atoms with Crippen LogP contribution in [-0.4, -0.2) is 29.3 Å². The van der Waals surface area contributed by atoms with Gasteiger partial charge in [0.2, 0.25) is 5.88 Å². The number of nitrogens with zero attached hydrogens (tertiary/aromatic N) is 1. The van der Waals surface area contributed by atoms with Gasteiger partial charge in [-0.05, 0) is 15.9 Å². The van der Waals surface area contributed by atoms with Crippen molar-refractivity contribution in [3.05, 3.63) is 16.7 Å². The second kappa shape index (κ2) is 3.89. The molecule has 64 valence electrons. The van der Waals surface area contributed by atoms with Gasteiger partial charge >= 0.3 is 7.12 Å². The lowest BCUT2D eigenvalue weighted by Crippen LogP contribution is -2.31. The fraction of sp³-hybridized carbons (Fsp3) is 0.167. The van der Waals surface area contributed by atoms with E-state index in [9.17, 15) is 0 Å². The van der Waals surface area contributed by atoms with E-state index in [4.69, 9.17) is 14.8 Å². The molecule has 1 rings (SSSR count). The van der Waals surface area contributed by atoms with E-state index >= 15 is 0 Å². The largest absolute Gasteiger partial charge is 0.491 e. The van der Waals surface area contributed by atoms with Crippen molar-refractivity contribution in [2.24, 2.45) is 0 Å². The maximum atomic E-state index is 8.81. The van der Waals surface area contributed by atoms with Gasteiger partial charge in [-0.2, -0.15) is 0 Å². The maximum absolute atomic E-state index is 8.81. The normalized spacial score (nSPS) is 9.67. The van der Waals surface area contributed by atoms with Crippen LogP contribution in [0, 0.1) is 0 Å². The number of rotatable bonds is 2. The molecule has 0 aromatic carbocycles. The second-order valence-electron chi connectivity index (χ2n) is 2.11. The van der Waals surface area contributed by atoms with Crippen LogP contribution < -0.4 is 10.2 Å². The number of aromatic nitrogens is 1. The highest BCUT2D eigenvalue weighted by Gasteiger charge is 2.15. The quantitative estimate of drug-likeness (QED) is 0.534. The molecule has 0 unspecified atom stereocenters. The standard InChI is InChI=1S/C6H7BBrNO3/c1-12-5-3-2-4(7(10)11)6(8)9-5/h2-3,10-11H,1H3. The molecule has 6 heteroatoms. The minimum absolute atomic E-state index is 0.316. The molecule has 0 spiro atoms. The molecule has 12 heavy (non-hydrogen) atoms. The smallest absolute Gasteiger partial charge is 0.481 e. The molecule has 0 atom stereocenters. The Bertz CT molecular complexity index is 281. The van der Waals surface area contributed by atoms with Gasteiger partial charge in [0.25, 0.3) is 0 Å². The van der Waals surface area contributed by atoms with E-state index in [-0.39, 0.29) is 0 Å². The summed E-state index contributed by atoms with van der Waals surface area (Å²) in [6.45, 7) is 0. The minimum Gasteiger partial charge on any atom is -0.481 e. The van der Waals surface area contributed by atoms with Crippen LogP contribution in [0.2, 0.25) is 0 Å². The molecule has 0 aliphatic heterocycles. The molecule has 4 nitrogen and oxygen atoms in total. The highest BCUT2D eigenvalue weighted by Crippen LogP contribution is 2.09. The van der Waals surface area contributed by atoms with E-state index in [2.05, 4.69) is 20.9 Å². The van der Waals surface area contributed by atoms with Crippen LogP contribution in [0.3, 0.4) is 0 Å². The molecule has 1 heterocycles. The van der Waals surface area contributed by atoms with Crippen LogP contribution in [0.5, 0.6) is 5.88 Å². The fourth-order valence-electron chi connectivity index (χ4n) is 0.735. The molecule has 0 fully saturated rings. The predicted molar refractivity (Wildman–Crippen MR) is 48.3 cm³/mol. The first-order chi connectivity index (χ1) is 5.65. The molecule has 1 aromatic heterocycles. The van der Waals surface area contributed by atoms with E-state index in [0.717, 1.165) is 0 Å². The molecule has 0 aliphatic rings. The zero-order valence-electron chi connectivity index (χ0n) is 6.36. The molecule has 0 saturated carbocycles. The first-order valence-corrected chi connectivity index (χ1v) is 4.01. The molecule has 0 bridgehead atoms. The van der Waals surface area contributed by atoms with Gasteiger partial charge in [-0.25, -0.2) is 4.98 Å². The van der Waals surface area contributed by atoms with E-state index in [1.54, 1.807) is 6.07 Å². The van der Waals surface area contributed by atoms with E-state index in [1.807, 2.05) is 0 Å². The van der Waals surface area contributed by atoms with Gasteiger partial charge in [-0.15, -0.1) is 0 Å². The van der Waals surface area contributed by atoms with Crippen molar-refractivity contribution in [1.82, 2.24) is 4.98 Å². The number of hydrogen-bond donors (Lipinski definition) is 2. The summed E-state index contributed by atoms with van der Waals surface area (Å²) in [4.78, 5) is 3.89. The maximum Gasteiger partial charge on any atom is 0.491 e. The lowest BCUT2D eigenvalue weighted by Gasteiger charge is -2.03. The van der Waals surface area contributed by atoms with Crippen LogP contribution in [0.25, 0.3) is 0 Å². The van der Waals surface area contributed by atoms with Crippen molar-refractivity contribution < 1.29 is 14.8 Å². The molecule has 0 saturated heterocycles. The summed E-state index contributed by atoms with van der Waals surface area (Å²) >= 11 is 3.08. The Morgan fingerprint density at radius 2 is 2.17 bits per heavy atom. The minimum atomic E-state index is -1.52. The van der Waals surface area contributed by atoms with Crippen LogP contribution in [-0.2, 0) is 0 Å².